The summed E-state index contributed by atoms with van der Waals surface area (Å²) >= 11 is 0. The number of nitrogens with zero attached hydrogens (tertiary/aromatic N) is 1. The third-order valence-corrected chi connectivity index (χ3v) is 4.39. The van der Waals surface area contributed by atoms with Crippen molar-refractivity contribution in [3.05, 3.63) is 29.8 Å². The fourth-order valence-corrected chi connectivity index (χ4v) is 2.97. The first kappa shape index (κ1) is 18.3. The molecule has 2 amide bonds. The van der Waals surface area contributed by atoms with Crippen LogP contribution in [-0.2, 0) is 16.0 Å². The van der Waals surface area contributed by atoms with E-state index in [-0.39, 0.29) is 24.5 Å². The Hall–Kier alpha value is -2.04. The number of aryl methyl sites for hydroxylation is 1. The number of nitrogens with one attached hydrogen (secondary N) is 1. The molecule has 0 aromatic heterocycles. The number of carbonyl (C=O) groups is 2. The summed E-state index contributed by atoms with van der Waals surface area (Å²) < 4.78 is 5.71. The third kappa shape index (κ3) is 5.25. The molecule has 0 saturated carbocycles. The van der Waals surface area contributed by atoms with Gasteiger partial charge in [-0.3, -0.25) is 9.59 Å². The van der Waals surface area contributed by atoms with Crippen molar-refractivity contribution in [2.75, 3.05) is 19.7 Å². The predicted octanol–water partition coefficient (Wildman–Crippen LogP) is 2.54. The normalized spacial score (nSPS) is 15.2. The molecule has 0 atom stereocenters. The average molecular weight is 332 g/mol. The Balaban J connectivity index is 1.75. The van der Waals surface area contributed by atoms with Gasteiger partial charge in [0, 0.05) is 25.6 Å². The van der Waals surface area contributed by atoms with Gasteiger partial charge in [-0.05, 0) is 37.3 Å². The highest BCUT2D eigenvalue weighted by molar-refractivity contribution is 5.78. The molecule has 2 rings (SSSR count). The van der Waals surface area contributed by atoms with Crippen LogP contribution in [0.3, 0.4) is 0 Å². The molecule has 0 unspecified atom stereocenters. The predicted molar refractivity (Wildman–Crippen MR) is 94.0 cm³/mol. The van der Waals surface area contributed by atoms with Crippen LogP contribution in [0.1, 0.15) is 45.1 Å². The van der Waals surface area contributed by atoms with E-state index in [0.29, 0.717) is 19.5 Å². The van der Waals surface area contributed by atoms with Gasteiger partial charge in [-0.25, -0.2) is 0 Å². The lowest BCUT2D eigenvalue weighted by Gasteiger charge is -2.32. The van der Waals surface area contributed by atoms with Gasteiger partial charge in [-0.1, -0.05) is 32.0 Å². The molecule has 1 aromatic rings. The molecular weight excluding hydrogens is 304 g/mol. The Morgan fingerprint density at radius 1 is 1.21 bits per heavy atom. The molecule has 132 valence electrons. The minimum absolute atomic E-state index is 0.0132. The Kier molecular flexibility index (Phi) is 7.09. The fourth-order valence-electron chi connectivity index (χ4n) is 2.97. The van der Waals surface area contributed by atoms with Crippen LogP contribution in [0.2, 0.25) is 0 Å². The van der Waals surface area contributed by atoms with Crippen LogP contribution in [0.5, 0.6) is 5.75 Å². The number of piperidine rings is 1. The maximum absolute atomic E-state index is 12.3. The van der Waals surface area contributed by atoms with Crippen LogP contribution in [0.4, 0.5) is 0 Å². The van der Waals surface area contributed by atoms with E-state index >= 15 is 0 Å². The molecule has 1 fully saturated rings. The lowest BCUT2D eigenvalue weighted by Crippen LogP contribution is -2.47. The highest BCUT2D eigenvalue weighted by Gasteiger charge is 2.24. The van der Waals surface area contributed by atoms with Crippen molar-refractivity contribution in [2.45, 2.75) is 52.0 Å². The minimum atomic E-state index is 0.0132. The zero-order valence-electron chi connectivity index (χ0n) is 14.7. The van der Waals surface area contributed by atoms with Crippen LogP contribution in [0.15, 0.2) is 24.3 Å². The van der Waals surface area contributed by atoms with Crippen LogP contribution < -0.4 is 10.1 Å². The summed E-state index contributed by atoms with van der Waals surface area (Å²) in [6, 6.07) is 8.01. The standard InChI is InChI=1S/C19H28N2O3/c1-3-7-18(22)20-16-10-12-21(13-11-16)19(23)14-24-17-9-6-5-8-15(17)4-2/h5-6,8-9,16H,3-4,7,10-14H2,1-2H3,(H,20,22). The monoisotopic (exact) mass is 332 g/mol. The molecule has 1 heterocycles. The molecule has 0 bridgehead atoms. The van der Waals surface area contributed by atoms with Crippen LogP contribution in [0.25, 0.3) is 0 Å². The van der Waals surface area contributed by atoms with Gasteiger partial charge >= 0.3 is 0 Å². The number of para-hydroxylation sites is 1. The highest BCUT2D eigenvalue weighted by Crippen LogP contribution is 2.18. The number of hydrogen-bond donors (Lipinski definition) is 1. The molecule has 1 saturated heterocycles. The highest BCUT2D eigenvalue weighted by atomic mass is 16.5. The molecule has 1 aliphatic heterocycles. The van der Waals surface area contributed by atoms with Gasteiger partial charge in [0.2, 0.25) is 5.91 Å². The summed E-state index contributed by atoms with van der Waals surface area (Å²) in [5.41, 5.74) is 1.11. The Labute approximate surface area is 144 Å². The second kappa shape index (κ2) is 9.30. The summed E-state index contributed by atoms with van der Waals surface area (Å²) in [7, 11) is 0. The van der Waals surface area contributed by atoms with E-state index in [2.05, 4.69) is 12.2 Å². The molecular formula is C19H28N2O3. The van der Waals surface area contributed by atoms with Crippen molar-refractivity contribution in [3.8, 4) is 5.75 Å². The van der Waals surface area contributed by atoms with Gasteiger partial charge in [0.05, 0.1) is 0 Å². The van der Waals surface area contributed by atoms with Crippen molar-refractivity contribution in [3.63, 3.8) is 0 Å². The number of hydrogen-bond acceptors (Lipinski definition) is 3. The van der Waals surface area contributed by atoms with Gasteiger partial charge in [-0.2, -0.15) is 0 Å². The van der Waals surface area contributed by atoms with Crippen molar-refractivity contribution in [2.24, 2.45) is 0 Å². The van der Waals surface area contributed by atoms with E-state index in [1.54, 1.807) is 0 Å². The number of amides is 2. The van der Waals surface area contributed by atoms with Crippen LogP contribution >= 0.6 is 0 Å². The summed E-state index contributed by atoms with van der Waals surface area (Å²) in [5, 5.41) is 3.04. The van der Waals surface area contributed by atoms with E-state index in [4.69, 9.17) is 4.74 Å². The van der Waals surface area contributed by atoms with Crippen LogP contribution in [-0.4, -0.2) is 42.5 Å². The molecule has 1 aromatic carbocycles. The van der Waals surface area contributed by atoms with Crippen molar-refractivity contribution in [1.82, 2.24) is 10.2 Å². The summed E-state index contributed by atoms with van der Waals surface area (Å²) in [5.74, 6) is 0.913. The molecule has 24 heavy (non-hydrogen) atoms. The Morgan fingerprint density at radius 2 is 1.92 bits per heavy atom. The molecule has 5 nitrogen and oxygen atoms in total. The summed E-state index contributed by atoms with van der Waals surface area (Å²) in [6.07, 6.45) is 3.94. The van der Waals surface area contributed by atoms with Gasteiger partial charge in [-0.15, -0.1) is 0 Å². The summed E-state index contributed by atoms with van der Waals surface area (Å²) in [4.78, 5) is 25.8. The minimum Gasteiger partial charge on any atom is -0.483 e. The SMILES string of the molecule is CCCC(=O)NC1CCN(C(=O)COc2ccccc2CC)CC1. The number of rotatable bonds is 7. The first-order valence-electron chi connectivity index (χ1n) is 8.91. The maximum Gasteiger partial charge on any atom is 0.260 e. The smallest absolute Gasteiger partial charge is 0.260 e. The van der Waals surface area contributed by atoms with Gasteiger partial charge in [0.25, 0.3) is 5.91 Å². The van der Waals surface area contributed by atoms with Gasteiger partial charge in [0.1, 0.15) is 5.75 Å². The first-order chi connectivity index (χ1) is 11.6. The molecule has 1 N–H and O–H groups in total. The van der Waals surface area contributed by atoms with E-state index in [1.165, 1.54) is 0 Å². The molecule has 0 spiro atoms. The lowest BCUT2D eigenvalue weighted by atomic mass is 10.0. The van der Waals surface area contributed by atoms with Gasteiger partial charge < -0.3 is 15.0 Å². The first-order valence-corrected chi connectivity index (χ1v) is 8.91. The quantitative estimate of drug-likeness (QED) is 0.835. The molecule has 0 radical (unpaired) electrons. The van der Waals surface area contributed by atoms with Crippen molar-refractivity contribution >= 4 is 11.8 Å². The van der Waals surface area contributed by atoms with Gasteiger partial charge in [0.15, 0.2) is 6.61 Å². The van der Waals surface area contributed by atoms with E-state index in [0.717, 1.165) is 37.0 Å². The van der Waals surface area contributed by atoms with Crippen molar-refractivity contribution < 1.29 is 14.3 Å². The fraction of sp³-hybridized carbons (Fsp3) is 0.579. The lowest BCUT2D eigenvalue weighted by molar-refractivity contribution is -0.134. The number of ether oxygens (including phenoxy) is 1. The average Bonchev–Trinajstić information content (AvgIpc) is 2.60. The van der Waals surface area contributed by atoms with E-state index in [9.17, 15) is 9.59 Å². The molecule has 5 heteroatoms. The zero-order chi connectivity index (χ0) is 17.4. The topological polar surface area (TPSA) is 58.6 Å². The molecule has 1 aliphatic rings. The van der Waals surface area contributed by atoms with E-state index in [1.807, 2.05) is 36.1 Å². The summed E-state index contributed by atoms with van der Waals surface area (Å²) in [6.45, 7) is 5.49. The number of likely N-dealkylation sites (tertiary alicyclic amines) is 1. The number of benzene rings is 1. The van der Waals surface area contributed by atoms with Crippen molar-refractivity contribution in [1.29, 1.82) is 0 Å². The zero-order valence-corrected chi connectivity index (χ0v) is 14.7. The second-order valence-corrected chi connectivity index (χ2v) is 6.22. The largest absolute Gasteiger partial charge is 0.483 e. The van der Waals surface area contributed by atoms with E-state index < -0.39 is 0 Å². The molecule has 0 aliphatic carbocycles. The van der Waals surface area contributed by atoms with Crippen LogP contribution in [0, 0.1) is 0 Å². The number of carbonyl (C=O) groups excluding carboxylic acids is 2. The Bertz CT molecular complexity index is 551. The maximum atomic E-state index is 12.3. The third-order valence-electron chi connectivity index (χ3n) is 4.39. The second-order valence-electron chi connectivity index (χ2n) is 6.22. The Morgan fingerprint density at radius 3 is 2.58 bits per heavy atom.